The number of hydrogen-bond donors (Lipinski definition) is 0. The number of carbonyl (C=O) groups excluding carboxylic acids is 1. The molecule has 0 bridgehead atoms. The number of fused-ring (bicyclic) bond motifs is 1. The van der Waals surface area contributed by atoms with Crippen molar-refractivity contribution in [3.05, 3.63) is 68.9 Å². The molecular formula is C30H38Cl2N4O4. The number of pyridine rings is 1. The third-order valence-corrected chi connectivity index (χ3v) is 7.82. The summed E-state index contributed by atoms with van der Waals surface area (Å²) in [6.07, 6.45) is 1.48. The average molecular weight is 590 g/mol. The molecule has 216 valence electrons. The molecule has 2 aromatic carbocycles. The number of anilines is 1. The van der Waals surface area contributed by atoms with E-state index in [0.717, 1.165) is 56.6 Å². The molecular weight excluding hydrogens is 551 g/mol. The van der Waals surface area contributed by atoms with Crippen LogP contribution in [0, 0.1) is 5.92 Å². The first-order valence-corrected chi connectivity index (χ1v) is 14.5. The molecule has 4 rings (SSSR count). The number of hydrogen-bond acceptors (Lipinski definition) is 6. The summed E-state index contributed by atoms with van der Waals surface area (Å²) in [6, 6.07) is 14.7. The van der Waals surface area contributed by atoms with Gasteiger partial charge in [-0.3, -0.25) is 14.3 Å². The Kier molecular flexibility index (Phi) is 10.6. The minimum absolute atomic E-state index is 0.155. The lowest BCUT2D eigenvalue weighted by Gasteiger charge is -2.36. The molecule has 0 aliphatic carbocycles. The van der Waals surface area contributed by atoms with Gasteiger partial charge in [0.05, 0.1) is 27.9 Å². The van der Waals surface area contributed by atoms with Crippen LogP contribution in [0.2, 0.25) is 10.0 Å². The van der Waals surface area contributed by atoms with Crippen molar-refractivity contribution in [1.29, 1.82) is 0 Å². The molecule has 0 spiro atoms. The van der Waals surface area contributed by atoms with Crippen LogP contribution >= 0.6 is 23.2 Å². The molecule has 0 unspecified atom stereocenters. The molecule has 10 heteroatoms. The van der Waals surface area contributed by atoms with E-state index < -0.39 is 6.09 Å². The zero-order chi connectivity index (χ0) is 28.6. The average Bonchev–Trinajstić information content (AvgIpc) is 2.93. The maximum atomic E-state index is 12.6. The van der Waals surface area contributed by atoms with Gasteiger partial charge in [-0.05, 0) is 61.0 Å². The van der Waals surface area contributed by atoms with Crippen LogP contribution in [-0.2, 0) is 11.5 Å². The fraction of sp³-hybridized carbons (Fsp3) is 0.467. The summed E-state index contributed by atoms with van der Waals surface area (Å²) >= 11 is 12.6. The van der Waals surface area contributed by atoms with Gasteiger partial charge in [0.2, 0.25) is 0 Å². The highest BCUT2D eigenvalue weighted by atomic mass is 35.5. The maximum absolute atomic E-state index is 12.6. The third-order valence-electron chi connectivity index (χ3n) is 7.01. The molecule has 3 aromatic rings. The number of aromatic nitrogens is 1. The Morgan fingerprint density at radius 3 is 2.52 bits per heavy atom. The Morgan fingerprint density at radius 2 is 1.77 bits per heavy atom. The second-order valence-corrected chi connectivity index (χ2v) is 11.4. The van der Waals surface area contributed by atoms with Crippen molar-refractivity contribution in [2.45, 2.75) is 33.4 Å². The lowest BCUT2D eigenvalue weighted by atomic mass is 10.2. The number of benzene rings is 2. The highest BCUT2D eigenvalue weighted by Crippen LogP contribution is 2.32. The van der Waals surface area contributed by atoms with Crippen LogP contribution < -0.4 is 15.2 Å². The van der Waals surface area contributed by atoms with Gasteiger partial charge in [-0.1, -0.05) is 43.1 Å². The van der Waals surface area contributed by atoms with Crippen LogP contribution in [-0.4, -0.2) is 73.4 Å². The van der Waals surface area contributed by atoms with Crippen LogP contribution in [0.3, 0.4) is 0 Å². The SMILES string of the molecule is CC(C)CN(C)C(=O)OCn1c(=O)ccc2ccc(OCCCCN3CCN(c4cccc(Cl)c4Cl)CC3)cc21. The summed E-state index contributed by atoms with van der Waals surface area (Å²) in [4.78, 5) is 31.2. The Bertz CT molecular complexity index is 1360. The summed E-state index contributed by atoms with van der Waals surface area (Å²) in [5.41, 5.74) is 1.43. The van der Waals surface area contributed by atoms with Gasteiger partial charge in [0.15, 0.2) is 6.73 Å². The largest absolute Gasteiger partial charge is 0.494 e. The zero-order valence-electron chi connectivity index (χ0n) is 23.4. The van der Waals surface area contributed by atoms with Crippen LogP contribution in [0.25, 0.3) is 10.9 Å². The van der Waals surface area contributed by atoms with E-state index in [9.17, 15) is 9.59 Å². The monoisotopic (exact) mass is 588 g/mol. The van der Waals surface area contributed by atoms with Gasteiger partial charge in [-0.25, -0.2) is 4.79 Å². The predicted molar refractivity (Wildman–Crippen MR) is 162 cm³/mol. The van der Waals surface area contributed by atoms with Gasteiger partial charge >= 0.3 is 6.09 Å². The van der Waals surface area contributed by atoms with Gasteiger partial charge in [-0.2, -0.15) is 0 Å². The van der Waals surface area contributed by atoms with Gasteiger partial charge in [0.1, 0.15) is 5.75 Å². The van der Waals surface area contributed by atoms with Crippen LogP contribution in [0.15, 0.2) is 53.3 Å². The Balaban J connectivity index is 1.24. The number of amides is 1. The molecule has 0 radical (unpaired) electrons. The predicted octanol–water partition coefficient (Wildman–Crippen LogP) is 5.97. The highest BCUT2D eigenvalue weighted by Gasteiger charge is 2.19. The van der Waals surface area contributed by atoms with E-state index in [-0.39, 0.29) is 12.3 Å². The molecule has 1 aliphatic heterocycles. The number of unbranched alkanes of at least 4 members (excludes halogenated alkanes) is 1. The summed E-state index contributed by atoms with van der Waals surface area (Å²) in [5, 5.41) is 2.08. The number of nitrogens with zero attached hydrogens (tertiary/aromatic N) is 4. The zero-order valence-corrected chi connectivity index (χ0v) is 25.0. The molecule has 1 saturated heterocycles. The molecule has 1 amide bonds. The van der Waals surface area contributed by atoms with Crippen molar-refractivity contribution < 1.29 is 14.3 Å². The molecule has 1 fully saturated rings. The lowest BCUT2D eigenvalue weighted by Crippen LogP contribution is -2.46. The van der Waals surface area contributed by atoms with Crippen molar-refractivity contribution >= 4 is 45.9 Å². The van der Waals surface area contributed by atoms with E-state index in [1.54, 1.807) is 13.1 Å². The first-order valence-electron chi connectivity index (χ1n) is 13.8. The van der Waals surface area contributed by atoms with Crippen LogP contribution in [0.1, 0.15) is 26.7 Å². The fourth-order valence-corrected chi connectivity index (χ4v) is 5.33. The second-order valence-electron chi connectivity index (χ2n) is 10.6. The molecule has 40 heavy (non-hydrogen) atoms. The molecule has 0 saturated carbocycles. The summed E-state index contributed by atoms with van der Waals surface area (Å²) in [5.74, 6) is 1.00. The third kappa shape index (κ3) is 7.83. The van der Waals surface area contributed by atoms with Crippen molar-refractivity contribution in [2.24, 2.45) is 5.92 Å². The van der Waals surface area contributed by atoms with Crippen molar-refractivity contribution in [2.75, 3.05) is 57.8 Å². The summed E-state index contributed by atoms with van der Waals surface area (Å²) < 4.78 is 12.9. The van der Waals surface area contributed by atoms with Gasteiger partial charge in [0.25, 0.3) is 5.56 Å². The van der Waals surface area contributed by atoms with Gasteiger partial charge in [-0.15, -0.1) is 0 Å². The van der Waals surface area contributed by atoms with E-state index >= 15 is 0 Å². The number of carbonyl (C=O) groups is 1. The standard InChI is InChI=1S/C30H38Cl2N4O4/c1-22(2)20-33(3)30(38)40-21-36-27-19-24(11-9-23(27)10-12-28(36)37)39-18-5-4-13-34-14-16-35(17-15-34)26-8-6-7-25(31)29(26)32/h6-12,19,22H,4-5,13-18,20-21H2,1-3H3. The molecule has 1 aliphatic rings. The van der Waals surface area contributed by atoms with Crippen molar-refractivity contribution in [3.63, 3.8) is 0 Å². The topological polar surface area (TPSA) is 67.2 Å². The Hall–Kier alpha value is -2.94. The molecule has 0 atom stereocenters. The summed E-state index contributed by atoms with van der Waals surface area (Å²) in [6.45, 7) is 9.85. The van der Waals surface area contributed by atoms with Crippen LogP contribution in [0.4, 0.5) is 10.5 Å². The molecule has 2 heterocycles. The number of rotatable bonds is 11. The minimum Gasteiger partial charge on any atom is -0.494 e. The second kappa shape index (κ2) is 14.1. The van der Waals surface area contributed by atoms with E-state index in [1.165, 1.54) is 15.5 Å². The number of halogens is 2. The van der Waals surface area contributed by atoms with E-state index in [4.69, 9.17) is 32.7 Å². The maximum Gasteiger partial charge on any atom is 0.411 e. The Labute approximate surface area is 246 Å². The quantitative estimate of drug-likeness (QED) is 0.257. The van der Waals surface area contributed by atoms with Crippen molar-refractivity contribution in [1.82, 2.24) is 14.4 Å². The van der Waals surface area contributed by atoms with E-state index in [2.05, 4.69) is 9.80 Å². The first kappa shape index (κ1) is 30.0. The first-order chi connectivity index (χ1) is 19.2. The molecule has 1 aromatic heterocycles. The minimum atomic E-state index is -0.459. The smallest absolute Gasteiger partial charge is 0.411 e. The van der Waals surface area contributed by atoms with Crippen molar-refractivity contribution in [3.8, 4) is 5.75 Å². The van der Waals surface area contributed by atoms with Crippen LogP contribution in [0.5, 0.6) is 5.75 Å². The van der Waals surface area contributed by atoms with E-state index in [0.29, 0.717) is 40.4 Å². The molecule has 8 nitrogen and oxygen atoms in total. The van der Waals surface area contributed by atoms with Gasteiger partial charge < -0.3 is 19.3 Å². The molecule has 0 N–H and O–H groups in total. The normalized spacial score (nSPS) is 14.1. The van der Waals surface area contributed by atoms with E-state index in [1.807, 2.05) is 50.2 Å². The van der Waals surface area contributed by atoms with Gasteiger partial charge in [0, 0.05) is 51.9 Å². The summed E-state index contributed by atoms with van der Waals surface area (Å²) in [7, 11) is 1.69. The number of piperazine rings is 1. The highest BCUT2D eigenvalue weighted by molar-refractivity contribution is 6.43. The number of ether oxygens (including phenoxy) is 2. The lowest BCUT2D eigenvalue weighted by molar-refractivity contribution is 0.0803. The Morgan fingerprint density at radius 1 is 1.02 bits per heavy atom. The fourth-order valence-electron chi connectivity index (χ4n) is 4.92.